The number of hydrogen-bond acceptors (Lipinski definition) is 4. The van der Waals surface area contributed by atoms with Gasteiger partial charge in [0.1, 0.15) is 0 Å². The van der Waals surface area contributed by atoms with Crippen LogP contribution in [0.5, 0.6) is 0 Å². The number of aliphatic hydroxyl groups is 1. The summed E-state index contributed by atoms with van der Waals surface area (Å²) in [5.41, 5.74) is 1.98. The lowest BCUT2D eigenvalue weighted by Gasteiger charge is -2.40. The van der Waals surface area contributed by atoms with Crippen LogP contribution in [0.1, 0.15) is 19.4 Å². The van der Waals surface area contributed by atoms with E-state index in [1.54, 1.807) is 18.7 Å². The molecule has 0 radical (unpaired) electrons. The van der Waals surface area contributed by atoms with Crippen molar-refractivity contribution in [1.29, 1.82) is 0 Å². The molecule has 0 saturated carbocycles. The number of nitrogens with zero attached hydrogens (tertiary/aromatic N) is 2. The molecule has 0 aromatic heterocycles. The number of hydrogen-bond donors (Lipinski definition) is 2. The third-order valence-electron chi connectivity index (χ3n) is 4.18. The zero-order valence-corrected chi connectivity index (χ0v) is 15.2. The fourth-order valence-electron chi connectivity index (χ4n) is 3.02. The largest absolute Gasteiger partial charge is 0.392 e. The maximum Gasteiger partial charge on any atom is 0.322 e. The third-order valence-corrected chi connectivity index (χ3v) is 4.96. The Bertz CT molecular complexity index is 551. The topological polar surface area (TPSA) is 55.8 Å². The first-order chi connectivity index (χ1) is 10.9. The van der Waals surface area contributed by atoms with Crippen LogP contribution in [-0.4, -0.2) is 65.5 Å². The Labute approximate surface area is 143 Å². The standard InChI is InChI=1S/C17H27N3O2S/c1-12-6-5-7-15(23-4)16(12)18-17(22)20-9-8-19(10-13(20)2)11-14(3)21/h5-7,13-14,21H,8-11H2,1-4H3,(H,18,22)/t13-,14+/m0/s1. The molecular formula is C17H27N3O2S. The summed E-state index contributed by atoms with van der Waals surface area (Å²) in [6, 6.07) is 6.13. The van der Waals surface area contributed by atoms with Crippen molar-refractivity contribution in [2.45, 2.75) is 37.8 Å². The van der Waals surface area contributed by atoms with Crippen molar-refractivity contribution in [2.75, 3.05) is 37.8 Å². The van der Waals surface area contributed by atoms with Gasteiger partial charge in [-0.15, -0.1) is 11.8 Å². The first-order valence-corrected chi connectivity index (χ1v) is 9.26. The van der Waals surface area contributed by atoms with Crippen LogP contribution < -0.4 is 5.32 Å². The fourth-order valence-corrected chi connectivity index (χ4v) is 3.65. The predicted molar refractivity (Wildman–Crippen MR) is 96.3 cm³/mol. The minimum Gasteiger partial charge on any atom is -0.392 e. The molecule has 0 bridgehead atoms. The molecule has 1 saturated heterocycles. The van der Waals surface area contributed by atoms with Crippen LogP contribution >= 0.6 is 11.8 Å². The van der Waals surface area contributed by atoms with E-state index in [1.807, 2.05) is 36.3 Å². The van der Waals surface area contributed by atoms with Crippen LogP contribution in [0.25, 0.3) is 0 Å². The van der Waals surface area contributed by atoms with Crippen LogP contribution in [0.3, 0.4) is 0 Å². The number of thioether (sulfide) groups is 1. The Morgan fingerprint density at radius 1 is 1.48 bits per heavy atom. The molecule has 0 spiro atoms. The van der Waals surface area contributed by atoms with Gasteiger partial charge in [0, 0.05) is 37.1 Å². The van der Waals surface area contributed by atoms with E-state index < -0.39 is 0 Å². The molecule has 1 aromatic carbocycles. The number of rotatable bonds is 4. The van der Waals surface area contributed by atoms with Crippen molar-refractivity contribution >= 4 is 23.5 Å². The van der Waals surface area contributed by atoms with Crippen LogP contribution in [-0.2, 0) is 0 Å². The second kappa shape index (κ2) is 8.04. The number of amides is 2. The van der Waals surface area contributed by atoms with E-state index in [9.17, 15) is 9.90 Å². The Morgan fingerprint density at radius 2 is 2.22 bits per heavy atom. The molecule has 5 nitrogen and oxygen atoms in total. The van der Waals surface area contributed by atoms with Crippen molar-refractivity contribution in [1.82, 2.24) is 9.80 Å². The van der Waals surface area contributed by atoms with Gasteiger partial charge in [-0.05, 0) is 38.7 Å². The average Bonchev–Trinajstić information content (AvgIpc) is 2.48. The lowest BCUT2D eigenvalue weighted by atomic mass is 10.1. The van der Waals surface area contributed by atoms with E-state index in [0.29, 0.717) is 13.1 Å². The van der Waals surface area contributed by atoms with E-state index >= 15 is 0 Å². The van der Waals surface area contributed by atoms with Gasteiger partial charge in [0.2, 0.25) is 0 Å². The molecule has 1 aliphatic heterocycles. The second-order valence-corrected chi connectivity index (χ2v) is 7.08. The summed E-state index contributed by atoms with van der Waals surface area (Å²) in [7, 11) is 0. The maximum absolute atomic E-state index is 12.7. The van der Waals surface area contributed by atoms with Crippen molar-refractivity contribution in [2.24, 2.45) is 0 Å². The van der Waals surface area contributed by atoms with Gasteiger partial charge >= 0.3 is 6.03 Å². The molecular weight excluding hydrogens is 310 g/mol. The molecule has 1 aliphatic rings. The van der Waals surface area contributed by atoms with Gasteiger partial charge in [-0.3, -0.25) is 4.90 Å². The molecule has 2 amide bonds. The quantitative estimate of drug-likeness (QED) is 0.830. The van der Waals surface area contributed by atoms with E-state index in [2.05, 4.69) is 17.1 Å². The summed E-state index contributed by atoms with van der Waals surface area (Å²) in [5, 5.41) is 12.6. The molecule has 1 fully saturated rings. The van der Waals surface area contributed by atoms with Gasteiger partial charge in [-0.2, -0.15) is 0 Å². The minimum absolute atomic E-state index is 0.0428. The van der Waals surface area contributed by atoms with Crippen LogP contribution in [0, 0.1) is 6.92 Å². The van der Waals surface area contributed by atoms with Gasteiger partial charge in [-0.25, -0.2) is 4.79 Å². The number of nitrogens with one attached hydrogen (secondary N) is 1. The third kappa shape index (κ3) is 4.62. The lowest BCUT2D eigenvalue weighted by molar-refractivity contribution is 0.0691. The van der Waals surface area contributed by atoms with Crippen LogP contribution in [0.4, 0.5) is 10.5 Å². The molecule has 0 aliphatic carbocycles. The smallest absolute Gasteiger partial charge is 0.322 e. The summed E-state index contributed by atoms with van der Waals surface area (Å²) in [6.07, 6.45) is 1.68. The predicted octanol–water partition coefficient (Wildman–Crippen LogP) is 2.64. The normalized spacial score (nSPS) is 20.4. The van der Waals surface area contributed by atoms with Gasteiger partial charge < -0.3 is 15.3 Å². The Balaban J connectivity index is 2.02. The highest BCUT2D eigenvalue weighted by molar-refractivity contribution is 7.98. The van der Waals surface area contributed by atoms with Crippen molar-refractivity contribution in [3.63, 3.8) is 0 Å². The molecule has 23 heavy (non-hydrogen) atoms. The monoisotopic (exact) mass is 337 g/mol. The number of β-amino-alcohol motifs (C(OH)–C–C–N with tert-alkyl or cyclic N) is 1. The number of anilines is 1. The number of carbonyl (C=O) groups excluding carboxylic acids is 1. The molecule has 0 unspecified atom stereocenters. The number of aliphatic hydroxyl groups excluding tert-OH is 1. The molecule has 6 heteroatoms. The van der Waals surface area contributed by atoms with Gasteiger partial charge in [0.15, 0.2) is 0 Å². The maximum atomic E-state index is 12.7. The zero-order valence-electron chi connectivity index (χ0n) is 14.4. The Hall–Kier alpha value is -1.24. The SMILES string of the molecule is CSc1cccc(C)c1NC(=O)N1CCN(C[C@@H](C)O)C[C@@H]1C. The molecule has 128 valence electrons. The second-order valence-electron chi connectivity index (χ2n) is 6.23. The summed E-state index contributed by atoms with van der Waals surface area (Å²) in [5.74, 6) is 0. The van der Waals surface area contributed by atoms with Crippen molar-refractivity contribution < 1.29 is 9.90 Å². The summed E-state index contributed by atoms with van der Waals surface area (Å²) in [6.45, 7) is 8.80. The Kier molecular flexibility index (Phi) is 6.33. The van der Waals surface area contributed by atoms with Crippen molar-refractivity contribution in [3.05, 3.63) is 23.8 Å². The molecule has 1 aromatic rings. The minimum atomic E-state index is -0.335. The number of carbonyl (C=O) groups is 1. The van der Waals surface area contributed by atoms with E-state index in [-0.39, 0.29) is 18.2 Å². The fraction of sp³-hybridized carbons (Fsp3) is 0.588. The van der Waals surface area contributed by atoms with Crippen molar-refractivity contribution in [3.8, 4) is 0 Å². The number of benzene rings is 1. The van der Waals surface area contributed by atoms with Crippen LogP contribution in [0.15, 0.2) is 23.1 Å². The number of piperazine rings is 1. The van der Waals surface area contributed by atoms with Crippen LogP contribution in [0.2, 0.25) is 0 Å². The molecule has 2 rings (SSSR count). The highest BCUT2D eigenvalue weighted by Gasteiger charge is 2.28. The highest BCUT2D eigenvalue weighted by atomic mass is 32.2. The summed E-state index contributed by atoms with van der Waals surface area (Å²) in [4.78, 5) is 17.8. The first kappa shape index (κ1) is 18.1. The number of urea groups is 1. The van der Waals surface area contributed by atoms with E-state index in [1.165, 1.54) is 0 Å². The Morgan fingerprint density at radius 3 is 2.83 bits per heavy atom. The summed E-state index contributed by atoms with van der Waals surface area (Å²) < 4.78 is 0. The first-order valence-electron chi connectivity index (χ1n) is 8.04. The van der Waals surface area contributed by atoms with Gasteiger partial charge in [0.05, 0.1) is 11.8 Å². The molecule has 1 heterocycles. The molecule has 2 atom stereocenters. The van der Waals surface area contributed by atoms with E-state index in [4.69, 9.17) is 0 Å². The zero-order chi connectivity index (χ0) is 17.0. The van der Waals surface area contributed by atoms with Gasteiger partial charge in [-0.1, -0.05) is 12.1 Å². The average molecular weight is 337 g/mol. The number of para-hydroxylation sites is 1. The van der Waals surface area contributed by atoms with Gasteiger partial charge in [0.25, 0.3) is 0 Å². The molecule has 2 N–H and O–H groups in total. The number of aryl methyl sites for hydroxylation is 1. The summed E-state index contributed by atoms with van der Waals surface area (Å²) >= 11 is 1.64. The lowest BCUT2D eigenvalue weighted by Crippen LogP contribution is -2.56. The highest BCUT2D eigenvalue weighted by Crippen LogP contribution is 2.29. The van der Waals surface area contributed by atoms with E-state index in [0.717, 1.165) is 29.2 Å².